The zero-order chi connectivity index (χ0) is 19.5. The van der Waals surface area contributed by atoms with E-state index in [0.717, 1.165) is 50.5 Å². The lowest BCUT2D eigenvalue weighted by Gasteiger charge is -2.35. The molecule has 148 valence electrons. The summed E-state index contributed by atoms with van der Waals surface area (Å²) >= 11 is 0. The molecule has 0 saturated carbocycles. The molecule has 3 aliphatic rings. The standard InChI is InChI=1S/C22H28N4O2/c1-16-20(12-23-21(24-16)18-6-4-3-5-7-18)22(27)26-14-17-8-9-19(15-26)25(13-17)10-11-28-2/h3-7,12,17,19H,8-11,13-15H2,1-2H3/t17-,19-/m0/s1. The van der Waals surface area contributed by atoms with E-state index in [4.69, 9.17) is 4.74 Å². The van der Waals surface area contributed by atoms with Gasteiger partial charge in [-0.25, -0.2) is 9.97 Å². The van der Waals surface area contributed by atoms with Crippen molar-refractivity contribution in [3.63, 3.8) is 0 Å². The molecule has 0 aliphatic carbocycles. The third-order valence-electron chi connectivity index (χ3n) is 5.94. The number of hydrogen-bond acceptors (Lipinski definition) is 5. The van der Waals surface area contributed by atoms with Crippen molar-refractivity contribution in [1.82, 2.24) is 19.8 Å². The van der Waals surface area contributed by atoms with Crippen LogP contribution in [-0.4, -0.2) is 71.6 Å². The van der Waals surface area contributed by atoms with Crippen LogP contribution in [0, 0.1) is 12.8 Å². The molecule has 1 aromatic heterocycles. The zero-order valence-electron chi connectivity index (χ0n) is 16.7. The molecular weight excluding hydrogens is 352 g/mol. The average molecular weight is 380 g/mol. The minimum absolute atomic E-state index is 0.0580. The van der Waals surface area contributed by atoms with Gasteiger partial charge in [0, 0.05) is 51.1 Å². The second-order valence-corrected chi connectivity index (χ2v) is 7.85. The Hall–Kier alpha value is -2.31. The molecule has 6 heteroatoms. The minimum atomic E-state index is 0.0580. The molecular formula is C22H28N4O2. The Morgan fingerprint density at radius 2 is 2.00 bits per heavy atom. The molecule has 5 rings (SSSR count). The molecule has 0 radical (unpaired) electrons. The van der Waals surface area contributed by atoms with Gasteiger partial charge in [-0.1, -0.05) is 30.3 Å². The first-order valence-corrected chi connectivity index (χ1v) is 10.1. The molecule has 3 aliphatic heterocycles. The van der Waals surface area contributed by atoms with E-state index in [9.17, 15) is 4.79 Å². The molecule has 3 fully saturated rings. The molecule has 4 heterocycles. The number of piperidine rings is 1. The lowest BCUT2D eigenvalue weighted by atomic mass is 9.95. The van der Waals surface area contributed by atoms with Crippen molar-refractivity contribution in [2.24, 2.45) is 5.92 Å². The Kier molecular flexibility index (Phi) is 5.69. The molecule has 0 N–H and O–H groups in total. The second-order valence-electron chi connectivity index (χ2n) is 7.85. The van der Waals surface area contributed by atoms with Gasteiger partial charge in [0.15, 0.2) is 5.82 Å². The highest BCUT2D eigenvalue weighted by Gasteiger charge is 2.36. The maximum Gasteiger partial charge on any atom is 0.257 e. The number of carbonyl (C=O) groups is 1. The van der Waals surface area contributed by atoms with Crippen molar-refractivity contribution in [2.45, 2.75) is 25.8 Å². The number of hydrogen-bond donors (Lipinski definition) is 0. The van der Waals surface area contributed by atoms with Crippen LogP contribution in [0.15, 0.2) is 36.5 Å². The first-order valence-electron chi connectivity index (χ1n) is 10.1. The topological polar surface area (TPSA) is 58.6 Å². The quantitative estimate of drug-likeness (QED) is 0.798. The summed E-state index contributed by atoms with van der Waals surface area (Å²) in [4.78, 5) is 26.9. The first-order chi connectivity index (χ1) is 13.7. The normalized spacial score (nSPS) is 22.3. The maximum absolute atomic E-state index is 13.3. The predicted octanol–water partition coefficient (Wildman–Crippen LogP) is 2.63. The number of benzene rings is 1. The molecule has 0 unspecified atom stereocenters. The van der Waals surface area contributed by atoms with E-state index < -0.39 is 0 Å². The molecule has 1 aromatic carbocycles. The summed E-state index contributed by atoms with van der Waals surface area (Å²) in [5.74, 6) is 1.25. The highest BCUT2D eigenvalue weighted by molar-refractivity contribution is 5.95. The summed E-state index contributed by atoms with van der Waals surface area (Å²) < 4.78 is 5.26. The van der Waals surface area contributed by atoms with Gasteiger partial charge in [0.2, 0.25) is 0 Å². The number of aromatic nitrogens is 2. The van der Waals surface area contributed by atoms with Gasteiger partial charge in [0.1, 0.15) is 0 Å². The van der Waals surface area contributed by atoms with Crippen molar-refractivity contribution >= 4 is 5.91 Å². The smallest absolute Gasteiger partial charge is 0.257 e. The van der Waals surface area contributed by atoms with Crippen LogP contribution in [0.3, 0.4) is 0 Å². The number of carbonyl (C=O) groups excluding carboxylic acids is 1. The second kappa shape index (κ2) is 8.37. The van der Waals surface area contributed by atoms with Crippen molar-refractivity contribution in [1.29, 1.82) is 0 Å². The highest BCUT2D eigenvalue weighted by atomic mass is 16.5. The van der Waals surface area contributed by atoms with Gasteiger partial charge < -0.3 is 9.64 Å². The fraction of sp³-hybridized carbons (Fsp3) is 0.500. The van der Waals surface area contributed by atoms with Gasteiger partial charge in [-0.05, 0) is 25.7 Å². The summed E-state index contributed by atoms with van der Waals surface area (Å²) in [5, 5.41) is 0. The number of aryl methyl sites for hydroxylation is 1. The Bertz CT molecular complexity index is 827. The fourth-order valence-corrected chi connectivity index (χ4v) is 4.40. The SMILES string of the molecule is COCCN1C[C@@H]2CC[C@H]1CN(C(=O)c1cnc(-c3ccccc3)nc1C)C2. The van der Waals surface area contributed by atoms with Crippen molar-refractivity contribution in [2.75, 3.05) is 39.9 Å². The van der Waals surface area contributed by atoms with Crippen molar-refractivity contribution < 1.29 is 9.53 Å². The van der Waals surface area contributed by atoms with Crippen LogP contribution in [0.5, 0.6) is 0 Å². The Morgan fingerprint density at radius 1 is 1.18 bits per heavy atom. The van der Waals surface area contributed by atoms with Crippen LogP contribution in [0.2, 0.25) is 0 Å². The summed E-state index contributed by atoms with van der Waals surface area (Å²) in [6.07, 6.45) is 4.05. The lowest BCUT2D eigenvalue weighted by Crippen LogP contribution is -2.45. The summed E-state index contributed by atoms with van der Waals surface area (Å²) in [6, 6.07) is 10.3. The Balaban J connectivity index is 1.52. The van der Waals surface area contributed by atoms with Gasteiger partial charge in [-0.15, -0.1) is 0 Å². The van der Waals surface area contributed by atoms with Gasteiger partial charge in [0.05, 0.1) is 17.9 Å². The third kappa shape index (κ3) is 3.93. The van der Waals surface area contributed by atoms with Gasteiger partial charge in [-0.2, -0.15) is 0 Å². The number of nitrogens with zero attached hydrogens (tertiary/aromatic N) is 4. The third-order valence-corrected chi connectivity index (χ3v) is 5.94. The number of ether oxygens (including phenoxy) is 1. The Morgan fingerprint density at radius 3 is 2.75 bits per heavy atom. The molecule has 1 amide bonds. The predicted molar refractivity (Wildman–Crippen MR) is 108 cm³/mol. The van der Waals surface area contributed by atoms with Crippen molar-refractivity contribution in [3.05, 3.63) is 47.8 Å². The van der Waals surface area contributed by atoms with Crippen LogP contribution < -0.4 is 0 Å². The number of methoxy groups -OCH3 is 1. The van der Waals surface area contributed by atoms with Crippen LogP contribution >= 0.6 is 0 Å². The van der Waals surface area contributed by atoms with Gasteiger partial charge in [-0.3, -0.25) is 9.69 Å². The minimum Gasteiger partial charge on any atom is -0.383 e. The van der Waals surface area contributed by atoms with E-state index in [-0.39, 0.29) is 5.91 Å². The van der Waals surface area contributed by atoms with E-state index in [1.165, 1.54) is 6.42 Å². The molecule has 6 nitrogen and oxygen atoms in total. The van der Waals surface area contributed by atoms with E-state index in [1.807, 2.05) is 42.2 Å². The molecule has 2 aromatic rings. The molecule has 2 bridgehead atoms. The van der Waals surface area contributed by atoms with Crippen LogP contribution in [0.4, 0.5) is 0 Å². The number of rotatable bonds is 5. The molecule has 0 spiro atoms. The van der Waals surface area contributed by atoms with E-state index in [2.05, 4.69) is 14.9 Å². The lowest BCUT2D eigenvalue weighted by molar-refractivity contribution is 0.0716. The number of fused-ring (bicyclic) bond motifs is 4. The highest BCUT2D eigenvalue weighted by Crippen LogP contribution is 2.29. The van der Waals surface area contributed by atoms with Gasteiger partial charge in [0.25, 0.3) is 5.91 Å². The van der Waals surface area contributed by atoms with Crippen LogP contribution in [0.25, 0.3) is 11.4 Å². The monoisotopic (exact) mass is 380 g/mol. The fourth-order valence-electron chi connectivity index (χ4n) is 4.40. The van der Waals surface area contributed by atoms with Crippen LogP contribution in [-0.2, 0) is 4.74 Å². The molecule has 3 saturated heterocycles. The Labute approximate surface area is 166 Å². The van der Waals surface area contributed by atoms with Crippen molar-refractivity contribution in [3.8, 4) is 11.4 Å². The van der Waals surface area contributed by atoms with E-state index in [0.29, 0.717) is 23.3 Å². The first kappa shape index (κ1) is 19.0. The summed E-state index contributed by atoms with van der Waals surface area (Å²) in [5.41, 5.74) is 2.32. The van der Waals surface area contributed by atoms with E-state index >= 15 is 0 Å². The van der Waals surface area contributed by atoms with Crippen LogP contribution in [0.1, 0.15) is 28.9 Å². The maximum atomic E-state index is 13.3. The number of amides is 1. The zero-order valence-corrected chi connectivity index (χ0v) is 16.7. The average Bonchev–Trinajstić information content (AvgIpc) is 3.04. The molecule has 2 atom stereocenters. The largest absolute Gasteiger partial charge is 0.383 e. The summed E-state index contributed by atoms with van der Waals surface area (Å²) in [7, 11) is 1.74. The molecule has 28 heavy (non-hydrogen) atoms. The van der Waals surface area contributed by atoms with Gasteiger partial charge >= 0.3 is 0 Å². The summed E-state index contributed by atoms with van der Waals surface area (Å²) in [6.45, 7) is 6.23. The van der Waals surface area contributed by atoms with E-state index in [1.54, 1.807) is 13.3 Å².